The van der Waals surface area contributed by atoms with Crippen molar-refractivity contribution in [2.45, 2.75) is 44.2 Å². The SMILES string of the molecule is Cc1ccc(S(=O)(=O)N(CC(=O)NCCOc2ccccc2C(C)(C)C)c2ccc(Cl)c(C(F)(F)F)c2)cc1. The molecule has 0 unspecified atom stereocenters. The third-order valence-electron chi connectivity index (χ3n) is 5.82. The average molecular weight is 583 g/mol. The summed E-state index contributed by atoms with van der Waals surface area (Å²) < 4.78 is 74.0. The van der Waals surface area contributed by atoms with Crippen LogP contribution in [-0.2, 0) is 26.4 Å². The number of anilines is 1. The smallest absolute Gasteiger partial charge is 0.417 e. The molecule has 3 rings (SSSR count). The largest absolute Gasteiger partial charge is 0.491 e. The molecule has 210 valence electrons. The van der Waals surface area contributed by atoms with Crippen LogP contribution < -0.4 is 14.4 Å². The van der Waals surface area contributed by atoms with Crippen LogP contribution in [0.4, 0.5) is 18.9 Å². The lowest BCUT2D eigenvalue weighted by Crippen LogP contribution is -2.42. The standard InChI is InChI=1S/C28H30ClF3N2O4S/c1-19-9-12-21(13-10-19)39(36,37)34(20-11-14-24(29)23(17-20)28(30,31)32)18-26(35)33-15-16-38-25-8-6-5-7-22(25)27(2,3)4/h5-14,17H,15-16,18H2,1-4H3,(H,33,35). The van der Waals surface area contributed by atoms with E-state index >= 15 is 0 Å². The minimum absolute atomic E-state index is 0.0458. The molecule has 1 N–H and O–H groups in total. The summed E-state index contributed by atoms with van der Waals surface area (Å²) in [5.41, 5.74) is 0.0420. The molecule has 3 aromatic rings. The topological polar surface area (TPSA) is 75.7 Å². The van der Waals surface area contributed by atoms with E-state index in [9.17, 15) is 26.4 Å². The fraction of sp³-hybridized carbons (Fsp3) is 0.321. The molecule has 0 saturated heterocycles. The quantitative estimate of drug-likeness (QED) is 0.298. The molecule has 0 bridgehead atoms. The number of carbonyl (C=O) groups is 1. The maximum atomic E-state index is 13.5. The van der Waals surface area contributed by atoms with Gasteiger partial charge in [-0.15, -0.1) is 0 Å². The minimum atomic E-state index is -4.82. The van der Waals surface area contributed by atoms with Crippen LogP contribution in [0.2, 0.25) is 5.02 Å². The van der Waals surface area contributed by atoms with Gasteiger partial charge in [-0.25, -0.2) is 8.42 Å². The van der Waals surface area contributed by atoms with Crippen molar-refractivity contribution in [3.8, 4) is 5.75 Å². The van der Waals surface area contributed by atoms with Crippen molar-refractivity contribution in [3.63, 3.8) is 0 Å². The van der Waals surface area contributed by atoms with Gasteiger partial charge < -0.3 is 10.1 Å². The first kappa shape index (κ1) is 30.3. The molecule has 6 nitrogen and oxygen atoms in total. The number of para-hydroxylation sites is 1. The highest BCUT2D eigenvalue weighted by molar-refractivity contribution is 7.92. The number of alkyl halides is 3. The van der Waals surface area contributed by atoms with Gasteiger partial charge >= 0.3 is 6.18 Å². The number of ether oxygens (including phenoxy) is 1. The highest BCUT2D eigenvalue weighted by Gasteiger charge is 2.35. The van der Waals surface area contributed by atoms with E-state index in [1.807, 2.05) is 45.0 Å². The molecule has 0 radical (unpaired) electrons. The molecule has 39 heavy (non-hydrogen) atoms. The second kappa shape index (κ2) is 11.9. The molecule has 0 aliphatic carbocycles. The lowest BCUT2D eigenvalue weighted by Gasteiger charge is -2.25. The molecule has 0 saturated carbocycles. The second-order valence-corrected chi connectivity index (χ2v) is 12.2. The minimum Gasteiger partial charge on any atom is -0.491 e. The molecular weight excluding hydrogens is 553 g/mol. The monoisotopic (exact) mass is 582 g/mol. The summed E-state index contributed by atoms with van der Waals surface area (Å²) in [6.45, 7) is 7.28. The van der Waals surface area contributed by atoms with E-state index < -0.39 is 39.2 Å². The van der Waals surface area contributed by atoms with Crippen LogP contribution in [0.15, 0.2) is 71.6 Å². The average Bonchev–Trinajstić information content (AvgIpc) is 2.85. The molecule has 0 aliphatic heterocycles. The Labute approximate surface area is 231 Å². The molecule has 0 atom stereocenters. The highest BCUT2D eigenvalue weighted by atomic mass is 35.5. The van der Waals surface area contributed by atoms with Crippen molar-refractivity contribution in [2.75, 3.05) is 24.0 Å². The van der Waals surface area contributed by atoms with Crippen molar-refractivity contribution in [3.05, 3.63) is 88.4 Å². The molecule has 0 aliphatic rings. The number of hydrogen-bond donors (Lipinski definition) is 1. The number of rotatable bonds is 9. The van der Waals surface area contributed by atoms with E-state index in [0.29, 0.717) is 16.1 Å². The summed E-state index contributed by atoms with van der Waals surface area (Å²) in [5.74, 6) is -0.0643. The Kier molecular flexibility index (Phi) is 9.23. The van der Waals surface area contributed by atoms with E-state index in [4.69, 9.17) is 16.3 Å². The molecule has 0 fully saturated rings. The van der Waals surface area contributed by atoms with Crippen LogP contribution in [0.3, 0.4) is 0 Å². The van der Waals surface area contributed by atoms with Crippen LogP contribution in [0.25, 0.3) is 0 Å². The van der Waals surface area contributed by atoms with Gasteiger partial charge in [-0.1, -0.05) is 68.3 Å². The van der Waals surface area contributed by atoms with E-state index in [0.717, 1.165) is 23.3 Å². The zero-order valence-electron chi connectivity index (χ0n) is 22.0. The summed E-state index contributed by atoms with van der Waals surface area (Å²) in [6, 6.07) is 16.0. The fourth-order valence-corrected chi connectivity index (χ4v) is 5.43. The first-order valence-corrected chi connectivity index (χ1v) is 13.9. The summed E-state index contributed by atoms with van der Waals surface area (Å²) in [7, 11) is -4.41. The van der Waals surface area contributed by atoms with Gasteiger partial charge in [-0.2, -0.15) is 13.2 Å². The number of sulfonamides is 1. The Morgan fingerprint density at radius 3 is 2.23 bits per heavy atom. The second-order valence-electron chi connectivity index (χ2n) is 9.93. The summed E-state index contributed by atoms with van der Waals surface area (Å²) in [5, 5.41) is 1.99. The lowest BCUT2D eigenvalue weighted by atomic mass is 9.86. The van der Waals surface area contributed by atoms with Crippen molar-refractivity contribution in [1.82, 2.24) is 5.32 Å². The maximum absolute atomic E-state index is 13.5. The first-order chi connectivity index (χ1) is 18.1. The van der Waals surface area contributed by atoms with Crippen LogP contribution >= 0.6 is 11.6 Å². The van der Waals surface area contributed by atoms with Gasteiger partial charge in [0.05, 0.1) is 27.7 Å². The van der Waals surface area contributed by atoms with Gasteiger partial charge in [-0.05, 0) is 54.3 Å². The predicted octanol–water partition coefficient (Wildman–Crippen LogP) is 6.36. The van der Waals surface area contributed by atoms with Crippen molar-refractivity contribution in [2.24, 2.45) is 0 Å². The number of halogens is 4. The maximum Gasteiger partial charge on any atom is 0.417 e. The van der Waals surface area contributed by atoms with E-state index in [2.05, 4.69) is 5.32 Å². The third kappa shape index (κ3) is 7.67. The third-order valence-corrected chi connectivity index (χ3v) is 7.93. The van der Waals surface area contributed by atoms with Crippen molar-refractivity contribution >= 4 is 33.2 Å². The number of aryl methyl sites for hydroxylation is 1. The number of benzene rings is 3. The molecule has 11 heteroatoms. The molecule has 1 amide bonds. The Morgan fingerprint density at radius 1 is 0.974 bits per heavy atom. The van der Waals surface area contributed by atoms with Crippen LogP contribution in [-0.4, -0.2) is 34.0 Å². The van der Waals surface area contributed by atoms with Gasteiger partial charge in [0, 0.05) is 0 Å². The van der Waals surface area contributed by atoms with Crippen molar-refractivity contribution < 1.29 is 31.1 Å². The number of amides is 1. The zero-order valence-corrected chi connectivity index (χ0v) is 23.5. The highest BCUT2D eigenvalue weighted by Crippen LogP contribution is 2.38. The Morgan fingerprint density at radius 2 is 1.62 bits per heavy atom. The predicted molar refractivity (Wildman–Crippen MR) is 146 cm³/mol. The molecule has 0 aromatic heterocycles. The van der Waals surface area contributed by atoms with Gasteiger partial charge in [0.1, 0.15) is 18.9 Å². The zero-order chi connectivity index (χ0) is 29.0. The summed E-state index contributed by atoms with van der Waals surface area (Å²) in [6.07, 6.45) is -4.82. The Balaban J connectivity index is 1.82. The number of nitrogens with zero attached hydrogens (tertiary/aromatic N) is 1. The summed E-state index contributed by atoms with van der Waals surface area (Å²) >= 11 is 5.73. The lowest BCUT2D eigenvalue weighted by molar-refractivity contribution is -0.137. The first-order valence-electron chi connectivity index (χ1n) is 12.1. The Bertz CT molecular complexity index is 1420. The Hall–Kier alpha value is -3.24. The van der Waals surface area contributed by atoms with E-state index in [1.54, 1.807) is 19.1 Å². The van der Waals surface area contributed by atoms with E-state index in [1.165, 1.54) is 12.1 Å². The molecule has 0 spiro atoms. The number of carbonyl (C=O) groups excluding carboxylic acids is 1. The number of hydrogen-bond acceptors (Lipinski definition) is 4. The van der Waals surface area contributed by atoms with Gasteiger partial charge in [0.15, 0.2) is 0 Å². The molecule has 0 heterocycles. The van der Waals surface area contributed by atoms with Crippen LogP contribution in [0.5, 0.6) is 5.75 Å². The normalized spacial score (nSPS) is 12.2. The van der Waals surface area contributed by atoms with Gasteiger partial charge in [-0.3, -0.25) is 9.10 Å². The molecular formula is C28H30ClF3N2O4S. The van der Waals surface area contributed by atoms with E-state index in [-0.39, 0.29) is 29.1 Å². The van der Waals surface area contributed by atoms with Crippen LogP contribution in [0, 0.1) is 6.92 Å². The summed E-state index contributed by atoms with van der Waals surface area (Å²) in [4.78, 5) is 12.6. The van der Waals surface area contributed by atoms with Crippen LogP contribution in [0.1, 0.15) is 37.5 Å². The van der Waals surface area contributed by atoms with Gasteiger partial charge in [0.25, 0.3) is 10.0 Å². The fourth-order valence-electron chi connectivity index (χ4n) is 3.79. The van der Waals surface area contributed by atoms with Gasteiger partial charge in [0.2, 0.25) is 5.91 Å². The number of nitrogens with one attached hydrogen (secondary N) is 1. The molecule has 3 aromatic carbocycles. The van der Waals surface area contributed by atoms with Crippen molar-refractivity contribution in [1.29, 1.82) is 0 Å².